The highest BCUT2D eigenvalue weighted by molar-refractivity contribution is 6.45. The zero-order chi connectivity index (χ0) is 17.1. The van der Waals surface area contributed by atoms with E-state index in [0.717, 1.165) is 42.7 Å². The predicted molar refractivity (Wildman–Crippen MR) is 95.3 cm³/mol. The number of nitrogens with zero attached hydrogens (tertiary/aromatic N) is 2. The molecule has 5 nitrogen and oxygen atoms in total. The molecule has 1 N–H and O–H groups in total. The van der Waals surface area contributed by atoms with E-state index in [9.17, 15) is 9.59 Å². The second-order valence-electron chi connectivity index (χ2n) is 6.52. The van der Waals surface area contributed by atoms with Crippen molar-refractivity contribution in [2.45, 2.75) is 26.2 Å². The molecule has 0 radical (unpaired) electrons. The van der Waals surface area contributed by atoms with E-state index in [1.54, 1.807) is 0 Å². The normalized spacial score (nSPS) is 15.1. The van der Waals surface area contributed by atoms with Crippen LogP contribution in [0.5, 0.6) is 0 Å². The molecule has 1 aromatic heterocycles. The van der Waals surface area contributed by atoms with E-state index in [-0.39, 0.29) is 0 Å². The highest BCUT2D eigenvalue weighted by atomic mass is 16.2. The number of nitrogens with one attached hydrogen (secondary N) is 1. The second-order valence-corrected chi connectivity index (χ2v) is 6.52. The molecule has 24 heavy (non-hydrogen) atoms. The maximum Gasteiger partial charge on any atom is 0.292 e. The molecule has 0 unspecified atom stereocenters. The Bertz CT molecular complexity index is 757. The van der Waals surface area contributed by atoms with Crippen molar-refractivity contribution in [2.75, 3.05) is 26.2 Å². The zero-order valence-corrected chi connectivity index (χ0v) is 14.5. The summed E-state index contributed by atoms with van der Waals surface area (Å²) in [6, 6.07) is 7.70. The first-order valence-corrected chi connectivity index (χ1v) is 8.68. The van der Waals surface area contributed by atoms with Gasteiger partial charge >= 0.3 is 0 Å². The molecule has 0 saturated carbocycles. The van der Waals surface area contributed by atoms with Gasteiger partial charge in [-0.2, -0.15) is 0 Å². The SMILES string of the molecule is Cc1c(C(=O)C(=O)NCCCN2CCCC2)c2ccccc2n1C. The van der Waals surface area contributed by atoms with Crippen LogP contribution in [-0.4, -0.2) is 47.3 Å². The van der Waals surface area contributed by atoms with E-state index in [0.29, 0.717) is 12.1 Å². The van der Waals surface area contributed by atoms with Gasteiger partial charge in [0.05, 0.1) is 5.56 Å². The smallest absolute Gasteiger partial charge is 0.292 e. The quantitative estimate of drug-likeness (QED) is 0.503. The minimum atomic E-state index is -0.504. The van der Waals surface area contributed by atoms with Crippen LogP contribution in [0.25, 0.3) is 10.9 Å². The van der Waals surface area contributed by atoms with Gasteiger partial charge in [-0.25, -0.2) is 0 Å². The maximum absolute atomic E-state index is 12.6. The fourth-order valence-electron chi connectivity index (χ4n) is 3.51. The average molecular weight is 327 g/mol. The summed E-state index contributed by atoms with van der Waals surface area (Å²) in [5, 5.41) is 3.62. The number of benzene rings is 1. The van der Waals surface area contributed by atoms with Crippen molar-refractivity contribution < 1.29 is 9.59 Å². The third-order valence-electron chi connectivity index (χ3n) is 4.97. The Balaban J connectivity index is 1.63. The van der Waals surface area contributed by atoms with Crippen molar-refractivity contribution >= 4 is 22.6 Å². The van der Waals surface area contributed by atoms with Crippen LogP contribution in [-0.2, 0) is 11.8 Å². The summed E-state index contributed by atoms with van der Waals surface area (Å²) in [7, 11) is 1.92. The van der Waals surface area contributed by atoms with Gasteiger partial charge in [-0.1, -0.05) is 18.2 Å². The first-order chi connectivity index (χ1) is 11.6. The third kappa shape index (κ3) is 3.22. The number of amides is 1. The van der Waals surface area contributed by atoms with Crippen molar-refractivity contribution in [2.24, 2.45) is 7.05 Å². The molecule has 2 aromatic rings. The van der Waals surface area contributed by atoms with E-state index < -0.39 is 11.7 Å². The summed E-state index contributed by atoms with van der Waals surface area (Å²) in [6.07, 6.45) is 3.42. The number of para-hydroxylation sites is 1. The summed E-state index contributed by atoms with van der Waals surface area (Å²) in [4.78, 5) is 27.3. The summed E-state index contributed by atoms with van der Waals surface area (Å²) in [6.45, 7) is 5.73. The van der Waals surface area contributed by atoms with Gasteiger partial charge in [-0.3, -0.25) is 9.59 Å². The van der Waals surface area contributed by atoms with Crippen LogP contribution in [0.4, 0.5) is 0 Å². The molecule has 0 spiro atoms. The lowest BCUT2D eigenvalue weighted by molar-refractivity contribution is -0.117. The van der Waals surface area contributed by atoms with Crippen LogP contribution in [0.3, 0.4) is 0 Å². The molecule has 1 amide bonds. The van der Waals surface area contributed by atoms with E-state index >= 15 is 0 Å². The summed E-state index contributed by atoms with van der Waals surface area (Å²) in [5.74, 6) is -0.943. The Labute approximate surface area is 142 Å². The molecular weight excluding hydrogens is 302 g/mol. The second kappa shape index (κ2) is 7.18. The van der Waals surface area contributed by atoms with Gasteiger partial charge < -0.3 is 14.8 Å². The Hall–Kier alpha value is -2.14. The van der Waals surface area contributed by atoms with Crippen LogP contribution in [0.15, 0.2) is 24.3 Å². The minimum Gasteiger partial charge on any atom is -0.349 e. The predicted octanol–water partition coefficient (Wildman–Crippen LogP) is 2.27. The van der Waals surface area contributed by atoms with Crippen molar-refractivity contribution in [1.29, 1.82) is 0 Å². The number of Topliss-reactive ketones (excluding diaryl/α,β-unsaturated/α-hetero) is 1. The fourth-order valence-corrected chi connectivity index (χ4v) is 3.51. The van der Waals surface area contributed by atoms with Crippen LogP contribution in [0.2, 0.25) is 0 Å². The number of aromatic nitrogens is 1. The molecule has 0 atom stereocenters. The van der Waals surface area contributed by atoms with Crippen LogP contribution < -0.4 is 5.32 Å². The van der Waals surface area contributed by atoms with Crippen molar-refractivity contribution in [3.05, 3.63) is 35.5 Å². The molecule has 1 aromatic carbocycles. The Morgan fingerprint density at radius 2 is 1.88 bits per heavy atom. The largest absolute Gasteiger partial charge is 0.349 e. The monoisotopic (exact) mass is 327 g/mol. The lowest BCUT2D eigenvalue weighted by Gasteiger charge is -2.14. The van der Waals surface area contributed by atoms with Gasteiger partial charge in [0.15, 0.2) is 0 Å². The standard InChI is InChI=1S/C19H25N3O2/c1-14-17(15-8-3-4-9-16(15)21(14)2)18(23)19(24)20-10-7-13-22-11-5-6-12-22/h3-4,8-9H,5-7,10-13H2,1-2H3,(H,20,24). The number of aryl methyl sites for hydroxylation is 1. The van der Waals surface area contributed by atoms with Crippen molar-refractivity contribution in [3.8, 4) is 0 Å². The number of rotatable bonds is 6. The molecule has 1 fully saturated rings. The third-order valence-corrected chi connectivity index (χ3v) is 4.97. The van der Waals surface area contributed by atoms with E-state index in [1.807, 2.05) is 42.8 Å². The van der Waals surface area contributed by atoms with Crippen molar-refractivity contribution in [1.82, 2.24) is 14.8 Å². The molecule has 0 aliphatic carbocycles. The van der Waals surface area contributed by atoms with Gasteiger partial charge in [0.25, 0.3) is 11.7 Å². The molecule has 5 heteroatoms. The fraction of sp³-hybridized carbons (Fsp3) is 0.474. The lowest BCUT2D eigenvalue weighted by Crippen LogP contribution is -2.33. The number of likely N-dealkylation sites (tertiary alicyclic amines) is 1. The van der Waals surface area contributed by atoms with Gasteiger partial charge in [0.2, 0.25) is 0 Å². The number of fused-ring (bicyclic) bond motifs is 1. The number of ketones is 1. The highest BCUT2D eigenvalue weighted by Gasteiger charge is 2.23. The molecule has 1 aliphatic heterocycles. The molecule has 2 heterocycles. The summed E-state index contributed by atoms with van der Waals surface area (Å²) >= 11 is 0. The van der Waals surface area contributed by atoms with E-state index in [4.69, 9.17) is 0 Å². The minimum absolute atomic E-state index is 0.439. The molecular formula is C19H25N3O2. The number of hydrogen-bond acceptors (Lipinski definition) is 3. The van der Waals surface area contributed by atoms with E-state index in [1.165, 1.54) is 12.8 Å². The van der Waals surface area contributed by atoms with Crippen LogP contribution in [0, 0.1) is 6.92 Å². The Morgan fingerprint density at radius 3 is 2.62 bits per heavy atom. The van der Waals surface area contributed by atoms with Crippen LogP contribution in [0.1, 0.15) is 35.3 Å². The Kier molecular flexibility index (Phi) is 5.00. The average Bonchev–Trinajstić information content (AvgIpc) is 3.19. The molecule has 3 rings (SSSR count). The lowest BCUT2D eigenvalue weighted by atomic mass is 10.1. The first kappa shape index (κ1) is 16.7. The molecule has 1 saturated heterocycles. The summed E-state index contributed by atoms with van der Waals surface area (Å²) < 4.78 is 1.96. The number of carbonyl (C=O) groups excluding carboxylic acids is 2. The molecule has 1 aliphatic rings. The van der Waals surface area contributed by atoms with Gasteiger partial charge in [-0.05, 0) is 51.9 Å². The van der Waals surface area contributed by atoms with E-state index in [2.05, 4.69) is 10.2 Å². The van der Waals surface area contributed by atoms with Crippen LogP contribution >= 0.6 is 0 Å². The highest BCUT2D eigenvalue weighted by Crippen LogP contribution is 2.25. The Morgan fingerprint density at radius 1 is 1.17 bits per heavy atom. The van der Waals surface area contributed by atoms with Gasteiger partial charge in [0.1, 0.15) is 0 Å². The van der Waals surface area contributed by atoms with Gasteiger partial charge in [0, 0.05) is 30.2 Å². The summed E-state index contributed by atoms with van der Waals surface area (Å²) in [5.41, 5.74) is 2.32. The number of carbonyl (C=O) groups is 2. The maximum atomic E-state index is 12.6. The number of hydrogen-bond donors (Lipinski definition) is 1. The van der Waals surface area contributed by atoms with Gasteiger partial charge in [-0.15, -0.1) is 0 Å². The first-order valence-electron chi connectivity index (χ1n) is 8.68. The van der Waals surface area contributed by atoms with Crippen molar-refractivity contribution in [3.63, 3.8) is 0 Å². The molecule has 128 valence electrons. The molecule has 0 bridgehead atoms. The topological polar surface area (TPSA) is 54.3 Å². The zero-order valence-electron chi connectivity index (χ0n) is 14.5.